The molecule has 0 spiro atoms. The van der Waals surface area contributed by atoms with Crippen molar-refractivity contribution in [2.45, 2.75) is 12.1 Å². The van der Waals surface area contributed by atoms with E-state index in [2.05, 4.69) is 4.98 Å². The molecular formula is C21H17N5O3S. The fourth-order valence-corrected chi connectivity index (χ4v) is 3.59. The van der Waals surface area contributed by atoms with Crippen molar-refractivity contribution in [3.63, 3.8) is 0 Å². The minimum Gasteiger partial charge on any atom is -0.401 e. The summed E-state index contributed by atoms with van der Waals surface area (Å²) in [7, 11) is 0. The van der Waals surface area contributed by atoms with Gasteiger partial charge in [-0.2, -0.15) is 5.26 Å². The highest BCUT2D eigenvalue weighted by atomic mass is 32.2. The molecule has 150 valence electrons. The Kier molecular flexibility index (Phi) is 6.29. The Balaban J connectivity index is 1.99. The molecule has 1 aromatic heterocycles. The van der Waals surface area contributed by atoms with Gasteiger partial charge in [-0.05, 0) is 19.1 Å². The zero-order chi connectivity index (χ0) is 21.7. The van der Waals surface area contributed by atoms with Gasteiger partial charge in [0.1, 0.15) is 11.6 Å². The number of hydrogen-bond donors (Lipinski definition) is 1. The Morgan fingerprint density at radius 1 is 1.27 bits per heavy atom. The number of imidazole rings is 1. The van der Waals surface area contributed by atoms with Crippen molar-refractivity contribution in [3.8, 4) is 23.0 Å². The molecule has 8 nitrogen and oxygen atoms in total. The number of para-hydroxylation sites is 1. The Hall–Kier alpha value is -3.90. The molecule has 30 heavy (non-hydrogen) atoms. The predicted molar refractivity (Wildman–Crippen MR) is 114 cm³/mol. The van der Waals surface area contributed by atoms with Crippen LogP contribution in [0.15, 0.2) is 77.2 Å². The highest BCUT2D eigenvalue weighted by Gasteiger charge is 2.17. The number of rotatable bonds is 7. The van der Waals surface area contributed by atoms with Gasteiger partial charge in [-0.15, -0.1) is 0 Å². The van der Waals surface area contributed by atoms with Crippen LogP contribution < -0.4 is 5.73 Å². The van der Waals surface area contributed by atoms with Gasteiger partial charge in [-0.1, -0.05) is 42.1 Å². The number of carbonyl (C=O) groups is 1. The first kappa shape index (κ1) is 20.8. The molecule has 0 unspecified atom stereocenters. The molecule has 3 rings (SSSR count). The summed E-state index contributed by atoms with van der Waals surface area (Å²) in [4.78, 5) is 27.6. The van der Waals surface area contributed by atoms with E-state index >= 15 is 0 Å². The lowest BCUT2D eigenvalue weighted by molar-refractivity contribution is -0.384. The molecule has 0 bridgehead atoms. The molecule has 0 atom stereocenters. The number of nitrogens with two attached hydrogens (primary N) is 1. The summed E-state index contributed by atoms with van der Waals surface area (Å²) < 4.78 is 1.80. The molecule has 0 fully saturated rings. The maximum atomic E-state index is 12.3. The van der Waals surface area contributed by atoms with Crippen LogP contribution in [0.1, 0.15) is 6.92 Å². The van der Waals surface area contributed by atoms with Gasteiger partial charge in [0.25, 0.3) is 5.69 Å². The monoisotopic (exact) mass is 419 g/mol. The number of non-ortho nitro benzene ring substituents is 1. The number of thioether (sulfide) groups is 1. The zero-order valence-corrected chi connectivity index (χ0v) is 16.8. The molecule has 2 aromatic carbocycles. The van der Waals surface area contributed by atoms with Gasteiger partial charge in [0, 0.05) is 35.3 Å². The van der Waals surface area contributed by atoms with Crippen LogP contribution in [-0.2, 0) is 4.79 Å². The first-order valence-corrected chi connectivity index (χ1v) is 9.81. The SMILES string of the molecule is CC(N)=C(C#N)C(=O)CSc1nc(-c2cccc([N+](=O)[O-])c2)cn1-c1ccccc1. The average Bonchev–Trinajstić information content (AvgIpc) is 3.17. The molecule has 0 saturated heterocycles. The summed E-state index contributed by atoms with van der Waals surface area (Å²) in [5, 5.41) is 20.7. The van der Waals surface area contributed by atoms with Crippen LogP contribution >= 0.6 is 11.8 Å². The molecule has 0 aliphatic rings. The van der Waals surface area contributed by atoms with E-state index in [0.29, 0.717) is 16.4 Å². The maximum absolute atomic E-state index is 12.3. The van der Waals surface area contributed by atoms with E-state index in [1.165, 1.54) is 19.1 Å². The van der Waals surface area contributed by atoms with Crippen LogP contribution in [0, 0.1) is 21.4 Å². The van der Waals surface area contributed by atoms with Gasteiger partial charge in [-0.3, -0.25) is 19.5 Å². The molecule has 0 amide bonds. The summed E-state index contributed by atoms with van der Waals surface area (Å²) in [5.41, 5.74) is 7.62. The number of allylic oxidation sites excluding steroid dienone is 2. The van der Waals surface area contributed by atoms with Crippen molar-refractivity contribution in [2.24, 2.45) is 5.73 Å². The van der Waals surface area contributed by atoms with Crippen molar-refractivity contribution >= 4 is 23.2 Å². The zero-order valence-electron chi connectivity index (χ0n) is 16.0. The Morgan fingerprint density at radius 2 is 2.00 bits per heavy atom. The minimum atomic E-state index is -0.461. The number of ketones is 1. The second-order valence-electron chi connectivity index (χ2n) is 6.30. The summed E-state index contributed by atoms with van der Waals surface area (Å²) >= 11 is 1.16. The normalized spacial score (nSPS) is 11.5. The van der Waals surface area contributed by atoms with E-state index in [1.54, 1.807) is 22.9 Å². The molecule has 9 heteroatoms. The van der Waals surface area contributed by atoms with Crippen molar-refractivity contribution in [1.82, 2.24) is 9.55 Å². The van der Waals surface area contributed by atoms with Crippen LogP contribution in [0.2, 0.25) is 0 Å². The third-order valence-corrected chi connectivity index (χ3v) is 5.13. The number of aromatic nitrogens is 2. The van der Waals surface area contributed by atoms with Crippen LogP contribution in [0.5, 0.6) is 0 Å². The maximum Gasteiger partial charge on any atom is 0.270 e. The van der Waals surface area contributed by atoms with Crippen molar-refractivity contribution in [3.05, 3.63) is 82.2 Å². The van der Waals surface area contributed by atoms with Crippen LogP contribution in [-0.4, -0.2) is 26.0 Å². The van der Waals surface area contributed by atoms with Gasteiger partial charge in [0.15, 0.2) is 10.9 Å². The van der Waals surface area contributed by atoms with E-state index in [4.69, 9.17) is 11.0 Å². The molecule has 3 aromatic rings. The third kappa shape index (κ3) is 4.56. The molecule has 1 heterocycles. The number of nitro groups is 1. The second-order valence-corrected chi connectivity index (χ2v) is 7.25. The smallest absolute Gasteiger partial charge is 0.270 e. The van der Waals surface area contributed by atoms with Gasteiger partial charge < -0.3 is 5.73 Å². The average molecular weight is 419 g/mol. The van der Waals surface area contributed by atoms with Gasteiger partial charge in [0.05, 0.1) is 16.4 Å². The number of hydrogen-bond acceptors (Lipinski definition) is 7. The van der Waals surface area contributed by atoms with Crippen LogP contribution in [0.4, 0.5) is 5.69 Å². The highest BCUT2D eigenvalue weighted by molar-refractivity contribution is 7.99. The van der Waals surface area contributed by atoms with E-state index in [1.807, 2.05) is 36.4 Å². The molecule has 0 saturated carbocycles. The van der Waals surface area contributed by atoms with Gasteiger partial charge in [-0.25, -0.2) is 4.98 Å². The number of carbonyl (C=O) groups excluding carboxylic acids is 1. The quantitative estimate of drug-likeness (QED) is 0.202. The second kappa shape index (κ2) is 9.07. The number of benzene rings is 2. The summed E-state index contributed by atoms with van der Waals surface area (Å²) in [6.45, 7) is 1.51. The van der Waals surface area contributed by atoms with Crippen molar-refractivity contribution < 1.29 is 9.72 Å². The Labute approximate surface area is 176 Å². The molecule has 2 N–H and O–H groups in total. The molecule has 0 aliphatic heterocycles. The molecular weight excluding hydrogens is 402 g/mol. The molecule has 0 aliphatic carbocycles. The van der Waals surface area contributed by atoms with E-state index in [0.717, 1.165) is 17.4 Å². The minimum absolute atomic E-state index is 0.0182. The highest BCUT2D eigenvalue weighted by Crippen LogP contribution is 2.29. The first-order valence-electron chi connectivity index (χ1n) is 8.82. The van der Waals surface area contributed by atoms with Crippen molar-refractivity contribution in [1.29, 1.82) is 5.26 Å². The summed E-state index contributed by atoms with van der Waals surface area (Å²) in [5.74, 6) is -0.405. The van der Waals surface area contributed by atoms with Crippen LogP contribution in [0.25, 0.3) is 16.9 Å². The number of nitro benzene ring substituents is 1. The van der Waals surface area contributed by atoms with Gasteiger partial charge >= 0.3 is 0 Å². The number of nitrogens with zero attached hydrogens (tertiary/aromatic N) is 4. The lowest BCUT2D eigenvalue weighted by Gasteiger charge is -2.06. The number of nitriles is 1. The Bertz CT molecular complexity index is 1170. The summed E-state index contributed by atoms with van der Waals surface area (Å²) in [6, 6.07) is 17.4. The third-order valence-electron chi connectivity index (χ3n) is 4.18. The van der Waals surface area contributed by atoms with Gasteiger partial charge in [0.2, 0.25) is 0 Å². The predicted octanol–water partition coefficient (Wildman–Crippen LogP) is 3.86. The van der Waals surface area contributed by atoms with E-state index in [9.17, 15) is 14.9 Å². The number of Topliss-reactive ketones (excluding diaryl/α,β-unsaturated/α-hetero) is 1. The van der Waals surface area contributed by atoms with Crippen molar-refractivity contribution in [2.75, 3.05) is 5.75 Å². The Morgan fingerprint density at radius 3 is 2.63 bits per heavy atom. The van der Waals surface area contributed by atoms with Crippen LogP contribution in [0.3, 0.4) is 0 Å². The summed E-state index contributed by atoms with van der Waals surface area (Å²) in [6.07, 6.45) is 1.76. The lowest BCUT2D eigenvalue weighted by atomic mass is 10.1. The van der Waals surface area contributed by atoms with E-state index in [-0.39, 0.29) is 28.5 Å². The fourth-order valence-electron chi connectivity index (χ4n) is 2.73. The lowest BCUT2D eigenvalue weighted by Crippen LogP contribution is -2.10. The largest absolute Gasteiger partial charge is 0.401 e. The van der Waals surface area contributed by atoms with E-state index < -0.39 is 4.92 Å². The topological polar surface area (TPSA) is 128 Å². The fraction of sp³-hybridized carbons (Fsp3) is 0.0952. The molecule has 0 radical (unpaired) electrons. The standard InChI is InChI=1S/C21H17N5O3S/c1-14(23)18(11-22)20(27)13-30-21-24-19(12-25(21)16-7-3-2-4-8-16)15-6-5-9-17(10-15)26(28)29/h2-10,12H,13,23H2,1H3. The first-order chi connectivity index (χ1) is 14.4.